The number of nitro benzene ring substituents is 1. The summed E-state index contributed by atoms with van der Waals surface area (Å²) < 4.78 is 10.2. The molecule has 23 heavy (non-hydrogen) atoms. The fourth-order valence-electron chi connectivity index (χ4n) is 2.03. The van der Waals surface area contributed by atoms with Crippen LogP contribution in [0.15, 0.2) is 35.3 Å². The standard InChI is InChI=1S/C16H16N2O5/c1-10-4-5-12(14(19)6-10)17-9-11-7-15(22-2)16(23-3)8-13(11)18(20)21/h4-9,19H,1-3H3. The minimum absolute atomic E-state index is 0.00406. The van der Waals surface area contributed by atoms with Crippen LogP contribution in [-0.2, 0) is 0 Å². The van der Waals surface area contributed by atoms with E-state index in [1.165, 1.54) is 32.6 Å². The van der Waals surface area contributed by atoms with Gasteiger partial charge in [-0.2, -0.15) is 0 Å². The number of nitrogens with zero attached hydrogens (tertiary/aromatic N) is 2. The second kappa shape index (κ2) is 6.78. The number of aryl methyl sites for hydroxylation is 1. The molecule has 2 aromatic carbocycles. The minimum Gasteiger partial charge on any atom is -0.506 e. The summed E-state index contributed by atoms with van der Waals surface area (Å²) in [4.78, 5) is 14.8. The van der Waals surface area contributed by atoms with Crippen LogP contribution in [0.2, 0.25) is 0 Å². The van der Waals surface area contributed by atoms with Crippen LogP contribution in [0, 0.1) is 17.0 Å². The summed E-state index contributed by atoms with van der Waals surface area (Å²) in [6.07, 6.45) is 1.31. The Morgan fingerprint density at radius 1 is 1.17 bits per heavy atom. The van der Waals surface area contributed by atoms with Crippen molar-refractivity contribution in [2.24, 2.45) is 4.99 Å². The van der Waals surface area contributed by atoms with Gasteiger partial charge in [0.05, 0.1) is 30.8 Å². The van der Waals surface area contributed by atoms with Crippen molar-refractivity contribution in [3.63, 3.8) is 0 Å². The number of phenolic OH excluding ortho intramolecular Hbond substituents is 1. The third kappa shape index (κ3) is 3.57. The van der Waals surface area contributed by atoms with E-state index in [0.717, 1.165) is 5.56 Å². The number of hydrogen-bond donors (Lipinski definition) is 1. The van der Waals surface area contributed by atoms with Crippen LogP contribution < -0.4 is 9.47 Å². The molecule has 0 spiro atoms. The van der Waals surface area contributed by atoms with E-state index in [4.69, 9.17) is 9.47 Å². The lowest BCUT2D eigenvalue weighted by molar-refractivity contribution is -0.385. The first kappa shape index (κ1) is 16.3. The fraction of sp³-hybridized carbons (Fsp3) is 0.188. The molecule has 7 nitrogen and oxygen atoms in total. The number of nitro groups is 1. The van der Waals surface area contributed by atoms with Gasteiger partial charge < -0.3 is 14.6 Å². The van der Waals surface area contributed by atoms with Gasteiger partial charge >= 0.3 is 0 Å². The van der Waals surface area contributed by atoms with Crippen molar-refractivity contribution < 1.29 is 19.5 Å². The quantitative estimate of drug-likeness (QED) is 0.518. The molecule has 1 N–H and O–H groups in total. The van der Waals surface area contributed by atoms with Crippen LogP contribution in [0.1, 0.15) is 11.1 Å². The molecular formula is C16H16N2O5. The highest BCUT2D eigenvalue weighted by Gasteiger charge is 2.18. The Morgan fingerprint density at radius 2 is 1.83 bits per heavy atom. The van der Waals surface area contributed by atoms with Crippen molar-refractivity contribution in [2.45, 2.75) is 6.92 Å². The summed E-state index contributed by atoms with van der Waals surface area (Å²) in [6.45, 7) is 1.84. The molecule has 0 heterocycles. The Bertz CT molecular complexity index is 771. The maximum atomic E-state index is 11.2. The zero-order valence-corrected chi connectivity index (χ0v) is 12.9. The average Bonchev–Trinajstić information content (AvgIpc) is 2.53. The zero-order valence-electron chi connectivity index (χ0n) is 12.9. The molecule has 2 rings (SSSR count). The van der Waals surface area contributed by atoms with E-state index in [-0.39, 0.29) is 22.7 Å². The first-order valence-electron chi connectivity index (χ1n) is 6.70. The third-order valence-corrected chi connectivity index (χ3v) is 3.20. The molecule has 7 heteroatoms. The predicted molar refractivity (Wildman–Crippen MR) is 86.3 cm³/mol. The summed E-state index contributed by atoms with van der Waals surface area (Å²) in [6, 6.07) is 7.72. The maximum absolute atomic E-state index is 11.2. The molecular weight excluding hydrogens is 300 g/mol. The summed E-state index contributed by atoms with van der Waals surface area (Å²) in [5, 5.41) is 21.0. The third-order valence-electron chi connectivity index (χ3n) is 3.20. The smallest absolute Gasteiger partial charge is 0.282 e. The van der Waals surface area contributed by atoms with E-state index in [1.807, 2.05) is 6.92 Å². The average molecular weight is 316 g/mol. The van der Waals surface area contributed by atoms with Gasteiger partial charge in [0.15, 0.2) is 11.5 Å². The number of aromatic hydroxyl groups is 1. The lowest BCUT2D eigenvalue weighted by Gasteiger charge is -2.08. The van der Waals surface area contributed by atoms with Crippen molar-refractivity contribution in [2.75, 3.05) is 14.2 Å². The van der Waals surface area contributed by atoms with Crippen molar-refractivity contribution in [1.29, 1.82) is 0 Å². The van der Waals surface area contributed by atoms with Gasteiger partial charge in [0.1, 0.15) is 11.4 Å². The lowest BCUT2D eigenvalue weighted by Crippen LogP contribution is -1.98. The number of aliphatic imine (C=N–C) groups is 1. The van der Waals surface area contributed by atoms with E-state index in [0.29, 0.717) is 11.4 Å². The Labute approximate surface area is 133 Å². The normalized spacial score (nSPS) is 10.7. The number of ether oxygens (including phenoxy) is 2. The molecule has 0 saturated heterocycles. The zero-order chi connectivity index (χ0) is 17.0. The largest absolute Gasteiger partial charge is 0.506 e. The summed E-state index contributed by atoms with van der Waals surface area (Å²) >= 11 is 0. The highest BCUT2D eigenvalue weighted by Crippen LogP contribution is 2.34. The van der Waals surface area contributed by atoms with Gasteiger partial charge in [-0.25, -0.2) is 0 Å². The van der Waals surface area contributed by atoms with Gasteiger partial charge in [-0.3, -0.25) is 15.1 Å². The number of methoxy groups -OCH3 is 2. The number of hydrogen-bond acceptors (Lipinski definition) is 6. The monoisotopic (exact) mass is 316 g/mol. The Morgan fingerprint density at radius 3 is 2.39 bits per heavy atom. The summed E-state index contributed by atoms with van der Waals surface area (Å²) in [5.74, 6) is 0.617. The van der Waals surface area contributed by atoms with Crippen LogP contribution in [-0.4, -0.2) is 30.5 Å². The van der Waals surface area contributed by atoms with Crippen molar-refractivity contribution in [1.82, 2.24) is 0 Å². The molecule has 0 aliphatic rings. The minimum atomic E-state index is -0.529. The summed E-state index contributed by atoms with van der Waals surface area (Å²) in [7, 11) is 2.84. The van der Waals surface area contributed by atoms with Crippen LogP contribution in [0.5, 0.6) is 17.2 Å². The summed E-state index contributed by atoms with van der Waals surface area (Å²) in [5.41, 5.74) is 1.28. The van der Waals surface area contributed by atoms with E-state index in [1.54, 1.807) is 18.2 Å². The molecule has 2 aromatic rings. The van der Waals surface area contributed by atoms with Crippen LogP contribution in [0.25, 0.3) is 0 Å². The van der Waals surface area contributed by atoms with Gasteiger partial charge in [-0.15, -0.1) is 0 Å². The topological polar surface area (TPSA) is 94.2 Å². The van der Waals surface area contributed by atoms with Gasteiger partial charge in [0, 0.05) is 6.21 Å². The molecule has 0 fully saturated rings. The molecule has 0 amide bonds. The number of benzene rings is 2. The van der Waals surface area contributed by atoms with Crippen LogP contribution >= 0.6 is 0 Å². The van der Waals surface area contributed by atoms with Gasteiger partial charge in [0.2, 0.25) is 0 Å². The van der Waals surface area contributed by atoms with Crippen molar-refractivity contribution in [3.8, 4) is 17.2 Å². The fourth-order valence-corrected chi connectivity index (χ4v) is 2.03. The lowest BCUT2D eigenvalue weighted by atomic mass is 10.1. The van der Waals surface area contributed by atoms with Gasteiger partial charge in [-0.1, -0.05) is 6.07 Å². The van der Waals surface area contributed by atoms with Crippen molar-refractivity contribution >= 4 is 17.6 Å². The van der Waals surface area contributed by atoms with E-state index in [2.05, 4.69) is 4.99 Å². The van der Waals surface area contributed by atoms with E-state index >= 15 is 0 Å². The molecule has 0 aliphatic heterocycles. The van der Waals surface area contributed by atoms with E-state index < -0.39 is 4.92 Å². The number of rotatable bonds is 5. The second-order valence-electron chi connectivity index (χ2n) is 4.77. The first-order valence-corrected chi connectivity index (χ1v) is 6.70. The molecule has 0 bridgehead atoms. The van der Waals surface area contributed by atoms with E-state index in [9.17, 15) is 15.2 Å². The van der Waals surface area contributed by atoms with Gasteiger partial charge in [-0.05, 0) is 30.7 Å². The first-order chi connectivity index (χ1) is 11.0. The molecule has 0 aliphatic carbocycles. The Kier molecular flexibility index (Phi) is 4.80. The van der Waals surface area contributed by atoms with Crippen molar-refractivity contribution in [3.05, 3.63) is 51.6 Å². The SMILES string of the molecule is COc1cc(C=Nc2ccc(C)cc2O)c([N+](=O)[O-])cc1OC. The molecule has 0 saturated carbocycles. The predicted octanol–water partition coefficient (Wildman–Crippen LogP) is 3.38. The van der Waals surface area contributed by atoms with Crippen LogP contribution in [0.4, 0.5) is 11.4 Å². The van der Waals surface area contributed by atoms with Crippen LogP contribution in [0.3, 0.4) is 0 Å². The Balaban J connectivity index is 2.49. The van der Waals surface area contributed by atoms with Gasteiger partial charge in [0.25, 0.3) is 5.69 Å². The second-order valence-corrected chi connectivity index (χ2v) is 4.77. The Hall–Kier alpha value is -3.09. The highest BCUT2D eigenvalue weighted by atomic mass is 16.6. The molecule has 0 unspecified atom stereocenters. The molecule has 0 aromatic heterocycles. The molecule has 0 atom stereocenters. The highest BCUT2D eigenvalue weighted by molar-refractivity contribution is 5.89. The molecule has 120 valence electrons. The number of phenols is 1. The maximum Gasteiger partial charge on any atom is 0.282 e. The molecule has 0 radical (unpaired) electrons.